The Morgan fingerprint density at radius 2 is 1.66 bits per heavy atom. The number of Topliss-reactive ketones (excluding diaryl/α,β-unsaturated/α-hetero) is 1. The molecule has 5 aliphatic rings. The van der Waals surface area contributed by atoms with Gasteiger partial charge in [0, 0.05) is 99.8 Å². The SMILES string of the molecule is CO[C@H]1/C=C/O[C@@]2(C)Oc3c(C)c(O)c4c(O)c(c5c(c4c3C2=O)NC2(CCN(CC(C)C)CC2)N=5)=NC(=O)/C(C)=C\C=C\[C@H](C)[C@H](O)[C@@H](C)[C@@H](O)[C@@H](C)[C@H](OC(=O)Cn2cc(CN(C)Cc3ccccc3)nn2)[C@@H]1C. The minimum Gasteiger partial charge on any atom is -0.507 e. The summed E-state index contributed by atoms with van der Waals surface area (Å²) < 4.78 is 26.2. The molecule has 1 spiro atoms. The van der Waals surface area contributed by atoms with E-state index in [9.17, 15) is 34.8 Å². The third-order valence-electron chi connectivity index (χ3n) is 15.5. The molecule has 19 nitrogen and oxygen atoms in total. The number of phenolic OH excluding ortho intramolecular Hbond substituents is 2. The van der Waals surface area contributed by atoms with Crippen LogP contribution in [0.3, 0.4) is 0 Å². The Morgan fingerprint density at radius 3 is 2.34 bits per heavy atom. The molecule has 76 heavy (non-hydrogen) atoms. The molecule has 0 radical (unpaired) electrons. The zero-order valence-corrected chi connectivity index (χ0v) is 45.5. The molecule has 9 rings (SSSR count). The molecule has 1 amide bonds. The van der Waals surface area contributed by atoms with Gasteiger partial charge in [0.15, 0.2) is 5.75 Å². The third kappa shape index (κ3) is 11.3. The van der Waals surface area contributed by atoms with E-state index in [-0.39, 0.29) is 56.2 Å². The van der Waals surface area contributed by atoms with E-state index in [0.717, 1.165) is 12.1 Å². The number of hydrogen-bond acceptors (Lipinski definition) is 17. The van der Waals surface area contributed by atoms with Crippen molar-refractivity contribution in [1.29, 1.82) is 0 Å². The van der Waals surface area contributed by atoms with Crippen molar-refractivity contribution < 1.29 is 53.8 Å². The molecule has 5 N–H and O–H groups in total. The number of rotatable bonds is 10. The number of likely N-dealkylation sites (tertiary alicyclic amines) is 1. The molecule has 6 heterocycles. The fourth-order valence-electron chi connectivity index (χ4n) is 11.1. The van der Waals surface area contributed by atoms with Crippen molar-refractivity contribution in [2.45, 2.75) is 131 Å². The second kappa shape index (κ2) is 22.6. The van der Waals surface area contributed by atoms with Crippen molar-refractivity contribution in [1.82, 2.24) is 24.8 Å². The van der Waals surface area contributed by atoms with Crippen molar-refractivity contribution in [3.8, 4) is 17.2 Å². The number of aliphatic hydroxyl groups is 2. The average molecular weight is 1050 g/mol. The Hall–Kier alpha value is -6.51. The first-order valence-corrected chi connectivity index (χ1v) is 26.3. The number of carbonyl (C=O) groups excluding carboxylic acids is 3. The quantitative estimate of drug-likeness (QED) is 0.0952. The fourth-order valence-corrected chi connectivity index (χ4v) is 11.1. The molecule has 0 saturated carbocycles. The number of hydrogen-bond donors (Lipinski definition) is 5. The summed E-state index contributed by atoms with van der Waals surface area (Å²) in [5, 5.41) is 60.0. The minimum atomic E-state index is -2.00. The monoisotopic (exact) mass is 1050 g/mol. The van der Waals surface area contributed by atoms with Gasteiger partial charge < -0.3 is 49.6 Å². The molecule has 408 valence electrons. The number of aliphatic hydroxyl groups excluding tert-OH is 2. The third-order valence-corrected chi connectivity index (χ3v) is 15.5. The molecule has 0 aliphatic carbocycles. The van der Waals surface area contributed by atoms with Gasteiger partial charge in [-0.05, 0) is 38.5 Å². The lowest BCUT2D eigenvalue weighted by molar-refractivity contribution is -0.164. The smallest absolute Gasteiger partial charge is 0.328 e. The Bertz CT molecular complexity index is 3060. The van der Waals surface area contributed by atoms with E-state index in [1.807, 2.05) is 37.4 Å². The second-order valence-electron chi connectivity index (χ2n) is 21.9. The molecule has 1 fully saturated rings. The first kappa shape index (κ1) is 55.7. The highest BCUT2D eigenvalue weighted by atomic mass is 16.7. The Morgan fingerprint density at radius 1 is 0.947 bits per heavy atom. The summed E-state index contributed by atoms with van der Waals surface area (Å²) in [6, 6.07) is 10.0. The van der Waals surface area contributed by atoms with E-state index in [0.29, 0.717) is 56.3 Å². The van der Waals surface area contributed by atoms with Gasteiger partial charge in [0.1, 0.15) is 40.5 Å². The number of esters is 1. The Kier molecular flexibility index (Phi) is 16.6. The molecule has 3 aromatic carbocycles. The lowest BCUT2D eigenvalue weighted by Gasteiger charge is -2.38. The van der Waals surface area contributed by atoms with E-state index < -0.39 is 82.9 Å². The summed E-state index contributed by atoms with van der Waals surface area (Å²) in [5.41, 5.74) is 1.59. The van der Waals surface area contributed by atoms with Crippen molar-refractivity contribution >= 4 is 34.1 Å². The summed E-state index contributed by atoms with van der Waals surface area (Å²) in [7, 11) is 3.44. The molecular weight excluding hydrogens is 973 g/mol. The lowest BCUT2D eigenvalue weighted by atomic mass is 9.78. The van der Waals surface area contributed by atoms with Crippen LogP contribution >= 0.6 is 0 Å². The van der Waals surface area contributed by atoms with Crippen molar-refractivity contribution in [2.24, 2.45) is 39.6 Å². The van der Waals surface area contributed by atoms with Gasteiger partial charge in [0.05, 0.1) is 53.1 Å². The van der Waals surface area contributed by atoms with E-state index in [1.165, 1.54) is 25.0 Å². The number of amides is 1. The maximum atomic E-state index is 15.0. The van der Waals surface area contributed by atoms with Crippen molar-refractivity contribution in [3.05, 3.63) is 106 Å². The van der Waals surface area contributed by atoms with Gasteiger partial charge in [-0.3, -0.25) is 24.3 Å². The number of carbonyl (C=O) groups is 3. The number of aromatic nitrogens is 3. The zero-order chi connectivity index (χ0) is 55.0. The summed E-state index contributed by atoms with van der Waals surface area (Å²) in [4.78, 5) is 57.0. The number of anilines is 1. The maximum Gasteiger partial charge on any atom is 0.328 e. The van der Waals surface area contributed by atoms with Crippen LogP contribution in [0.2, 0.25) is 0 Å². The van der Waals surface area contributed by atoms with Crippen molar-refractivity contribution in [3.63, 3.8) is 0 Å². The molecule has 9 atom stereocenters. The average Bonchev–Trinajstić information content (AvgIpc) is 4.11. The number of ketones is 1. The molecule has 19 heteroatoms. The van der Waals surface area contributed by atoms with Crippen LogP contribution in [0.25, 0.3) is 10.8 Å². The number of benzene rings is 3. The molecule has 1 saturated heterocycles. The van der Waals surface area contributed by atoms with Crippen LogP contribution in [-0.2, 0) is 43.4 Å². The predicted octanol–water partition coefficient (Wildman–Crippen LogP) is 5.65. The van der Waals surface area contributed by atoms with Crippen LogP contribution in [0.15, 0.2) is 82.7 Å². The van der Waals surface area contributed by atoms with E-state index in [2.05, 4.69) is 44.3 Å². The number of aromatic hydroxyl groups is 2. The van der Waals surface area contributed by atoms with Gasteiger partial charge >= 0.3 is 11.8 Å². The number of allylic oxidation sites excluding steroid dienone is 2. The molecule has 5 bridgehead atoms. The fraction of sp³-hybridized carbons (Fsp3) is 0.526. The van der Waals surface area contributed by atoms with Gasteiger partial charge in [-0.1, -0.05) is 95.3 Å². The summed E-state index contributed by atoms with van der Waals surface area (Å²) in [5.74, 6) is -7.16. The highest BCUT2D eigenvalue weighted by Crippen LogP contribution is 2.51. The van der Waals surface area contributed by atoms with Gasteiger partial charge in [-0.2, -0.15) is 0 Å². The van der Waals surface area contributed by atoms with Crippen LogP contribution in [0.5, 0.6) is 17.2 Å². The standard InChI is InChI=1S/C57H74N8O11/c1-31(2)26-64-23-21-57(22-24-64)59-45-42-43-50(69)37(8)53-44(42)54(71)56(9,76-53)74-25-20-40(73-11)34(5)52(75-41(66)30-65-29-39(61-62-65)28-63(10)27-38-18-13-12-14-19-38)36(7)49(68)35(6)48(67)32(3)16-15-17-33(4)55(72)58-47(51(43)70)46(45)60-57/h12-20,25,29,31-32,34-36,40,48-49,52,59,67-70H,21-24,26-28,30H2,1-11H3/b16-15+,25-20+,33-17-,58-47?/t32-,34+,35+,36+,40-,48-,49+,52+,56-/m0/s1. The normalized spacial score (nSPS) is 28.6. The maximum absolute atomic E-state index is 15.0. The number of ether oxygens (including phenoxy) is 4. The van der Waals surface area contributed by atoms with E-state index in [1.54, 1.807) is 72.0 Å². The summed E-state index contributed by atoms with van der Waals surface area (Å²) in [6.45, 7) is 19.1. The summed E-state index contributed by atoms with van der Waals surface area (Å²) in [6.07, 6.45) is 6.33. The van der Waals surface area contributed by atoms with E-state index in [4.69, 9.17) is 23.9 Å². The number of nitrogens with zero attached hydrogens (tertiary/aromatic N) is 7. The first-order valence-electron chi connectivity index (χ1n) is 26.3. The van der Waals surface area contributed by atoms with Crippen LogP contribution < -0.4 is 20.8 Å². The highest BCUT2D eigenvalue weighted by molar-refractivity contribution is 6.21. The predicted molar refractivity (Wildman–Crippen MR) is 284 cm³/mol. The van der Waals surface area contributed by atoms with Crippen LogP contribution in [0, 0.1) is 36.5 Å². The van der Waals surface area contributed by atoms with Crippen LogP contribution in [-0.4, -0.2) is 133 Å². The van der Waals surface area contributed by atoms with Gasteiger partial charge in [-0.15, -0.1) is 5.10 Å². The Labute approximate surface area is 443 Å². The number of piperidine rings is 1. The largest absolute Gasteiger partial charge is 0.507 e. The molecule has 0 unspecified atom stereocenters. The highest BCUT2D eigenvalue weighted by Gasteiger charge is 2.51. The molecule has 1 aromatic heterocycles. The van der Waals surface area contributed by atoms with Crippen LogP contribution in [0.4, 0.5) is 5.69 Å². The zero-order valence-electron chi connectivity index (χ0n) is 45.5. The Balaban J connectivity index is 1.15. The van der Waals surface area contributed by atoms with Gasteiger partial charge in [-0.25, -0.2) is 9.67 Å². The second-order valence-corrected chi connectivity index (χ2v) is 21.9. The number of fused-ring (bicyclic) bond motifs is 13. The van der Waals surface area contributed by atoms with Gasteiger partial charge in [0.2, 0.25) is 0 Å². The number of phenols is 2. The molecule has 4 aromatic rings. The summed E-state index contributed by atoms with van der Waals surface area (Å²) >= 11 is 0. The van der Waals surface area contributed by atoms with E-state index >= 15 is 0 Å². The molecular formula is C57H74N8O11. The minimum absolute atomic E-state index is 0.0360. The number of methoxy groups -OCH3 is 1. The number of nitrogens with one attached hydrogen (secondary N) is 1. The van der Waals surface area contributed by atoms with Gasteiger partial charge in [0.25, 0.3) is 11.7 Å². The topological polar surface area (TPSA) is 243 Å². The van der Waals surface area contributed by atoms with Crippen LogP contribution in [0.1, 0.15) is 95.4 Å². The molecule has 5 aliphatic heterocycles. The lowest BCUT2D eigenvalue weighted by Crippen LogP contribution is -2.47. The van der Waals surface area contributed by atoms with Crippen molar-refractivity contribution in [2.75, 3.05) is 39.1 Å². The first-order chi connectivity index (χ1) is 36.0.